The van der Waals surface area contributed by atoms with Crippen LogP contribution < -0.4 is 20.9 Å². The van der Waals surface area contributed by atoms with Gasteiger partial charge in [-0.25, -0.2) is 0 Å². The van der Waals surface area contributed by atoms with Gasteiger partial charge in [-0.1, -0.05) is 45.0 Å². The maximum Gasteiger partial charge on any atom is 0.248 e. The molecule has 0 unspecified atom stereocenters. The Labute approximate surface area is 256 Å². The van der Waals surface area contributed by atoms with Gasteiger partial charge in [-0.05, 0) is 67.8 Å². The largest absolute Gasteiger partial charge is 0.506 e. The third kappa shape index (κ3) is 8.47. The number of nitrogens with one attached hydrogen (secondary N) is 3. The number of rotatable bonds is 12. The van der Waals surface area contributed by atoms with Gasteiger partial charge in [0.05, 0.1) is 18.7 Å². The highest BCUT2D eigenvalue weighted by Gasteiger charge is 2.40. The Bertz CT molecular complexity index is 1440. The fourth-order valence-corrected chi connectivity index (χ4v) is 6.59. The minimum absolute atomic E-state index is 0.0249. The molecule has 0 spiro atoms. The van der Waals surface area contributed by atoms with Crippen molar-refractivity contribution in [2.45, 2.75) is 76.9 Å². The lowest BCUT2D eigenvalue weighted by Gasteiger charge is -2.40. The molecule has 10 heteroatoms. The van der Waals surface area contributed by atoms with Crippen molar-refractivity contribution in [3.05, 3.63) is 70.0 Å². The van der Waals surface area contributed by atoms with Crippen molar-refractivity contribution in [2.24, 2.45) is 0 Å². The van der Waals surface area contributed by atoms with Crippen molar-refractivity contribution in [2.75, 3.05) is 33.3 Å². The number of ether oxygens (including phenoxy) is 1. The number of aromatic nitrogens is 1. The van der Waals surface area contributed by atoms with Gasteiger partial charge in [0.25, 0.3) is 0 Å². The molecule has 1 saturated heterocycles. The molecule has 1 aromatic heterocycles. The zero-order valence-corrected chi connectivity index (χ0v) is 27.5. The van der Waals surface area contributed by atoms with Crippen LogP contribution in [0.15, 0.2) is 53.3 Å². The van der Waals surface area contributed by atoms with Crippen LogP contribution in [-0.4, -0.2) is 68.5 Å². The number of H-pyrrole nitrogens is 1. The highest BCUT2D eigenvalue weighted by Crippen LogP contribution is 2.41. The zero-order chi connectivity index (χ0) is 31.2. The van der Waals surface area contributed by atoms with Gasteiger partial charge >= 0.3 is 0 Å². The van der Waals surface area contributed by atoms with E-state index in [1.165, 1.54) is 6.07 Å². The van der Waals surface area contributed by atoms with Gasteiger partial charge in [-0.2, -0.15) is 0 Å². The van der Waals surface area contributed by atoms with Crippen LogP contribution in [0.3, 0.4) is 0 Å². The fraction of sp³-hybridized carbons (Fsp3) is 0.515. The molecule has 4 N–H and O–H groups in total. The lowest BCUT2D eigenvalue weighted by molar-refractivity contribution is -0.121. The number of pyridine rings is 1. The maximum absolute atomic E-state index is 12.5. The minimum atomic E-state index is -2.14. The van der Waals surface area contributed by atoms with Crippen molar-refractivity contribution >= 4 is 25.1 Å². The Balaban J connectivity index is 1.33. The average molecular weight is 609 g/mol. The maximum atomic E-state index is 12.5. The highest BCUT2D eigenvalue weighted by molar-refractivity contribution is 6.74. The molecule has 1 fully saturated rings. The number of phenolic OH excluding ortho intramolecular Hbond substituents is 1. The first-order chi connectivity index (χ1) is 20.4. The Morgan fingerprint density at radius 1 is 1.12 bits per heavy atom. The minimum Gasteiger partial charge on any atom is -0.506 e. The summed E-state index contributed by atoms with van der Waals surface area (Å²) in [6.07, 6.45) is 2.20. The molecule has 1 aliphatic rings. The van der Waals surface area contributed by atoms with E-state index in [0.717, 1.165) is 54.7 Å². The molecule has 1 amide bonds. The van der Waals surface area contributed by atoms with E-state index in [1.807, 2.05) is 30.3 Å². The number of methoxy groups -OCH3 is 1. The van der Waals surface area contributed by atoms with Gasteiger partial charge < -0.3 is 34.8 Å². The number of fused-ring (bicyclic) bond motifs is 1. The molecule has 4 rings (SSSR count). The van der Waals surface area contributed by atoms with Gasteiger partial charge in [0.2, 0.25) is 11.5 Å². The number of carbonyl (C=O) groups is 1. The number of nitrogens with zero attached hydrogens (tertiary/aromatic N) is 1. The number of likely N-dealkylation sites (tertiary alicyclic amines) is 1. The number of benzene rings is 2. The summed E-state index contributed by atoms with van der Waals surface area (Å²) in [6.45, 7) is 14.8. The van der Waals surface area contributed by atoms with E-state index in [0.29, 0.717) is 31.1 Å². The first kappa shape index (κ1) is 32.7. The predicted octanol–water partition coefficient (Wildman–Crippen LogP) is 5.07. The molecular weight excluding hydrogens is 560 g/mol. The van der Waals surface area contributed by atoms with E-state index in [4.69, 9.17) is 9.16 Å². The summed E-state index contributed by atoms with van der Waals surface area (Å²) in [6, 6.07) is 14.9. The number of carbonyl (C=O) groups excluding carboxylic acids is 1. The van der Waals surface area contributed by atoms with Crippen LogP contribution in [0.4, 0.5) is 0 Å². The number of hydrogen-bond acceptors (Lipinski definition) is 7. The molecule has 1 atom stereocenters. The molecule has 9 nitrogen and oxygen atoms in total. The number of piperidine rings is 1. The summed E-state index contributed by atoms with van der Waals surface area (Å²) in [5.41, 5.74) is 2.11. The molecule has 0 radical (unpaired) electrons. The summed E-state index contributed by atoms with van der Waals surface area (Å²) in [4.78, 5) is 29.7. The summed E-state index contributed by atoms with van der Waals surface area (Å²) < 4.78 is 12.3. The van der Waals surface area contributed by atoms with Crippen LogP contribution in [0.2, 0.25) is 18.1 Å². The van der Waals surface area contributed by atoms with Crippen molar-refractivity contribution in [1.82, 2.24) is 20.5 Å². The second kappa shape index (κ2) is 14.1. The molecule has 0 saturated carbocycles. The SMILES string of the molecule is COc1ccccc1CNC(=O)CCN1CCC(NC[C@@H](O[Si](C)(C)C(C)(C)C)c2ccc(O)c3[nH]c(=O)ccc23)CC1. The second-order valence-corrected chi connectivity index (χ2v) is 17.8. The molecule has 1 aliphatic heterocycles. The Hall–Kier alpha value is -3.18. The number of phenols is 1. The van der Waals surface area contributed by atoms with E-state index in [1.54, 1.807) is 19.2 Å². The van der Waals surface area contributed by atoms with Crippen LogP contribution in [0, 0.1) is 0 Å². The normalized spacial score (nSPS) is 15.9. The predicted molar refractivity (Wildman–Crippen MR) is 174 cm³/mol. The highest BCUT2D eigenvalue weighted by atomic mass is 28.4. The summed E-state index contributed by atoms with van der Waals surface area (Å²) >= 11 is 0. The molecular formula is C33H48N4O5Si. The van der Waals surface area contributed by atoms with Crippen molar-refractivity contribution in [1.29, 1.82) is 0 Å². The Kier molecular flexibility index (Phi) is 10.7. The molecule has 0 aliphatic carbocycles. The van der Waals surface area contributed by atoms with Gasteiger partial charge in [0.1, 0.15) is 11.5 Å². The third-order valence-corrected chi connectivity index (χ3v) is 13.5. The Morgan fingerprint density at radius 3 is 2.53 bits per heavy atom. The fourth-order valence-electron chi connectivity index (χ4n) is 5.31. The van der Waals surface area contributed by atoms with E-state index in [9.17, 15) is 14.7 Å². The van der Waals surface area contributed by atoms with Gasteiger partial charge in [-0.15, -0.1) is 0 Å². The first-order valence-corrected chi connectivity index (χ1v) is 18.2. The van der Waals surface area contributed by atoms with Gasteiger partial charge in [-0.3, -0.25) is 9.59 Å². The number of para-hydroxylation sites is 1. The van der Waals surface area contributed by atoms with Crippen LogP contribution in [-0.2, 0) is 15.8 Å². The van der Waals surface area contributed by atoms with E-state index in [-0.39, 0.29) is 28.4 Å². The second-order valence-electron chi connectivity index (χ2n) is 13.0. The topological polar surface area (TPSA) is 116 Å². The first-order valence-electron chi connectivity index (χ1n) is 15.2. The van der Waals surface area contributed by atoms with E-state index in [2.05, 4.69) is 54.4 Å². The van der Waals surface area contributed by atoms with E-state index >= 15 is 0 Å². The summed E-state index contributed by atoms with van der Waals surface area (Å²) in [7, 11) is -0.506. The lowest BCUT2D eigenvalue weighted by Crippen LogP contribution is -2.47. The molecule has 2 heterocycles. The quantitative estimate of drug-likeness (QED) is 0.212. The molecule has 43 heavy (non-hydrogen) atoms. The summed E-state index contributed by atoms with van der Waals surface area (Å²) in [5.74, 6) is 0.874. The summed E-state index contributed by atoms with van der Waals surface area (Å²) in [5, 5.41) is 18.1. The zero-order valence-electron chi connectivity index (χ0n) is 26.5. The lowest BCUT2D eigenvalue weighted by atomic mass is 10.0. The van der Waals surface area contributed by atoms with Crippen molar-refractivity contribution in [3.8, 4) is 11.5 Å². The van der Waals surface area contributed by atoms with Crippen LogP contribution in [0.25, 0.3) is 10.9 Å². The monoisotopic (exact) mass is 608 g/mol. The van der Waals surface area contributed by atoms with Gasteiger partial charge in [0.15, 0.2) is 8.32 Å². The Morgan fingerprint density at radius 2 is 1.84 bits per heavy atom. The molecule has 0 bridgehead atoms. The molecule has 2 aromatic carbocycles. The number of aromatic amines is 1. The standard InChI is InChI=1S/C33H48N4O5Si/c1-33(2,3)43(5,6)42-29(25-11-13-27(38)32-26(25)12-14-31(40)36-32)22-34-24-15-18-37(19-16-24)20-17-30(39)35-21-23-9-7-8-10-28(23)41-4/h7-14,24,29,34,38H,15-22H2,1-6H3,(H,35,39)(H,36,40)/t29-/m1/s1. The average Bonchev–Trinajstić information content (AvgIpc) is 2.97. The van der Waals surface area contributed by atoms with Crippen LogP contribution >= 0.6 is 0 Å². The number of amides is 1. The molecule has 3 aromatic rings. The third-order valence-electron chi connectivity index (χ3n) is 9.00. The van der Waals surface area contributed by atoms with Crippen molar-refractivity contribution in [3.63, 3.8) is 0 Å². The van der Waals surface area contributed by atoms with Crippen molar-refractivity contribution < 1.29 is 19.1 Å². The number of hydrogen-bond donors (Lipinski definition) is 4. The number of aromatic hydroxyl groups is 1. The molecule has 234 valence electrons. The smallest absolute Gasteiger partial charge is 0.248 e. The van der Waals surface area contributed by atoms with E-state index < -0.39 is 8.32 Å². The van der Waals surface area contributed by atoms with Gasteiger partial charge in [0, 0.05) is 49.1 Å². The van der Waals surface area contributed by atoms with Crippen LogP contribution in [0.5, 0.6) is 11.5 Å². The van der Waals surface area contributed by atoms with Crippen LogP contribution in [0.1, 0.15) is 57.3 Å².